The number of thioether (sulfide) groups is 1. The molecule has 0 N–H and O–H groups in total. The largest absolute Gasteiger partial charge is 0.338 e. The summed E-state index contributed by atoms with van der Waals surface area (Å²) in [5.74, 6) is 1.39. The lowest BCUT2D eigenvalue weighted by Gasteiger charge is -2.24. The van der Waals surface area contributed by atoms with E-state index in [1.165, 1.54) is 4.90 Å². The first-order valence-corrected chi connectivity index (χ1v) is 9.03. The number of rotatable bonds is 8. The molecule has 120 valence electrons. The van der Waals surface area contributed by atoms with E-state index in [9.17, 15) is 4.79 Å². The minimum absolute atomic E-state index is 0.168. The summed E-state index contributed by atoms with van der Waals surface area (Å²) in [6.45, 7) is 10.4. The number of benzene rings is 1. The van der Waals surface area contributed by atoms with Gasteiger partial charge >= 0.3 is 0 Å². The van der Waals surface area contributed by atoms with Crippen molar-refractivity contribution in [3.63, 3.8) is 0 Å². The van der Waals surface area contributed by atoms with E-state index in [1.54, 1.807) is 11.8 Å². The average Bonchev–Trinajstić information content (AvgIpc) is 3.03. The zero-order chi connectivity index (χ0) is 15.8. The predicted molar refractivity (Wildman–Crippen MR) is 94.2 cm³/mol. The summed E-state index contributed by atoms with van der Waals surface area (Å²) in [6.07, 6.45) is 2.82. The number of carbonyl (C=O) groups excluding carboxylic acids is 1. The highest BCUT2D eigenvalue weighted by molar-refractivity contribution is 7.99. The molecule has 1 saturated heterocycles. The van der Waals surface area contributed by atoms with Crippen LogP contribution in [-0.4, -0.2) is 54.2 Å². The summed E-state index contributed by atoms with van der Waals surface area (Å²) in [4.78, 5) is 18.3. The first kappa shape index (κ1) is 17.1. The second-order valence-corrected chi connectivity index (χ2v) is 6.78. The molecule has 0 aliphatic carbocycles. The molecule has 0 aromatic heterocycles. The van der Waals surface area contributed by atoms with E-state index in [0.717, 1.165) is 38.4 Å². The van der Waals surface area contributed by atoms with Crippen LogP contribution in [0.5, 0.6) is 0 Å². The van der Waals surface area contributed by atoms with Crippen molar-refractivity contribution >= 4 is 17.7 Å². The van der Waals surface area contributed by atoms with Crippen molar-refractivity contribution in [2.45, 2.75) is 18.2 Å². The van der Waals surface area contributed by atoms with Crippen LogP contribution in [0, 0.1) is 5.92 Å². The quantitative estimate of drug-likeness (QED) is 0.543. The fourth-order valence-corrected chi connectivity index (χ4v) is 3.71. The van der Waals surface area contributed by atoms with Gasteiger partial charge in [0.2, 0.25) is 5.91 Å². The van der Waals surface area contributed by atoms with Crippen LogP contribution in [-0.2, 0) is 4.79 Å². The van der Waals surface area contributed by atoms with E-state index in [2.05, 4.69) is 30.5 Å². The van der Waals surface area contributed by atoms with Crippen molar-refractivity contribution in [2.75, 3.05) is 38.5 Å². The zero-order valence-electron chi connectivity index (χ0n) is 13.4. The van der Waals surface area contributed by atoms with Crippen LogP contribution in [0.3, 0.4) is 0 Å². The van der Waals surface area contributed by atoms with Crippen LogP contribution in [0.25, 0.3) is 0 Å². The van der Waals surface area contributed by atoms with Crippen LogP contribution in [0.4, 0.5) is 0 Å². The third-order valence-corrected chi connectivity index (χ3v) is 5.10. The minimum atomic E-state index is 0.168. The highest BCUT2D eigenvalue weighted by atomic mass is 32.2. The SMILES string of the molecule is C=CCN(CCSc1ccccc1)C(=O)[C@@H]1CCN(CC)C1. The molecule has 4 heteroatoms. The Morgan fingerprint density at radius 1 is 1.45 bits per heavy atom. The Labute approximate surface area is 138 Å². The number of hydrogen-bond acceptors (Lipinski definition) is 3. The monoisotopic (exact) mass is 318 g/mol. The number of nitrogens with zero attached hydrogens (tertiary/aromatic N) is 2. The second kappa shape index (κ2) is 9.01. The van der Waals surface area contributed by atoms with Gasteiger partial charge < -0.3 is 9.80 Å². The molecule has 1 fully saturated rings. The number of amides is 1. The molecule has 1 amide bonds. The lowest BCUT2D eigenvalue weighted by Crippen LogP contribution is -2.39. The third kappa shape index (κ3) is 4.89. The van der Waals surface area contributed by atoms with Gasteiger partial charge in [-0.3, -0.25) is 4.79 Å². The smallest absolute Gasteiger partial charge is 0.227 e. The molecule has 0 bridgehead atoms. The van der Waals surface area contributed by atoms with E-state index < -0.39 is 0 Å². The summed E-state index contributed by atoms with van der Waals surface area (Å²) >= 11 is 1.80. The summed E-state index contributed by atoms with van der Waals surface area (Å²) in [6, 6.07) is 10.3. The Morgan fingerprint density at radius 3 is 2.86 bits per heavy atom. The summed E-state index contributed by atoms with van der Waals surface area (Å²) in [7, 11) is 0. The molecular weight excluding hydrogens is 292 g/mol. The van der Waals surface area contributed by atoms with Gasteiger partial charge in [0.15, 0.2) is 0 Å². The van der Waals surface area contributed by atoms with Crippen LogP contribution in [0.15, 0.2) is 47.9 Å². The average molecular weight is 318 g/mol. The van der Waals surface area contributed by atoms with E-state index >= 15 is 0 Å². The molecule has 0 saturated carbocycles. The van der Waals surface area contributed by atoms with Crippen molar-refractivity contribution in [1.29, 1.82) is 0 Å². The Hall–Kier alpha value is -1.26. The highest BCUT2D eigenvalue weighted by Crippen LogP contribution is 2.20. The van der Waals surface area contributed by atoms with Crippen LogP contribution in [0.1, 0.15) is 13.3 Å². The van der Waals surface area contributed by atoms with Crippen LogP contribution < -0.4 is 0 Å². The summed E-state index contributed by atoms with van der Waals surface area (Å²) in [5, 5.41) is 0. The molecule has 2 rings (SSSR count). The number of likely N-dealkylation sites (tertiary alicyclic amines) is 1. The van der Waals surface area contributed by atoms with Crippen molar-refractivity contribution in [1.82, 2.24) is 9.80 Å². The van der Waals surface area contributed by atoms with E-state index in [1.807, 2.05) is 29.2 Å². The van der Waals surface area contributed by atoms with Gasteiger partial charge in [0.25, 0.3) is 0 Å². The van der Waals surface area contributed by atoms with E-state index in [0.29, 0.717) is 12.5 Å². The van der Waals surface area contributed by atoms with Crippen molar-refractivity contribution < 1.29 is 4.79 Å². The summed E-state index contributed by atoms with van der Waals surface area (Å²) < 4.78 is 0. The normalized spacial score (nSPS) is 18.3. The Kier molecular flexibility index (Phi) is 7.00. The van der Waals surface area contributed by atoms with Crippen molar-refractivity contribution in [3.8, 4) is 0 Å². The molecule has 1 aliphatic heterocycles. The van der Waals surface area contributed by atoms with Gasteiger partial charge in [0.1, 0.15) is 0 Å². The fourth-order valence-electron chi connectivity index (χ4n) is 2.82. The molecule has 0 unspecified atom stereocenters. The molecule has 1 aliphatic rings. The summed E-state index contributed by atoms with van der Waals surface area (Å²) in [5.41, 5.74) is 0. The second-order valence-electron chi connectivity index (χ2n) is 5.61. The van der Waals surface area contributed by atoms with Crippen LogP contribution >= 0.6 is 11.8 Å². The van der Waals surface area contributed by atoms with Gasteiger partial charge in [-0.2, -0.15) is 0 Å². The maximum atomic E-state index is 12.7. The highest BCUT2D eigenvalue weighted by Gasteiger charge is 2.30. The lowest BCUT2D eigenvalue weighted by atomic mass is 10.1. The van der Waals surface area contributed by atoms with Crippen LogP contribution in [0.2, 0.25) is 0 Å². The molecule has 0 spiro atoms. The van der Waals surface area contributed by atoms with Crippen molar-refractivity contribution in [2.24, 2.45) is 5.92 Å². The molecule has 1 heterocycles. The molecule has 22 heavy (non-hydrogen) atoms. The van der Waals surface area contributed by atoms with Gasteiger partial charge in [-0.1, -0.05) is 31.2 Å². The molecule has 0 radical (unpaired) electrons. The van der Waals surface area contributed by atoms with E-state index in [-0.39, 0.29) is 5.92 Å². The molecule has 1 aromatic rings. The Morgan fingerprint density at radius 2 is 2.23 bits per heavy atom. The molecular formula is C18H26N2OS. The topological polar surface area (TPSA) is 23.6 Å². The Bertz CT molecular complexity index is 477. The third-order valence-electron chi connectivity index (χ3n) is 4.10. The standard InChI is InChI=1S/C18H26N2OS/c1-3-11-20(13-14-22-17-8-6-5-7-9-17)18(21)16-10-12-19(4-2)15-16/h3,5-9,16H,1,4,10-15H2,2H3/t16-/m1/s1. The fraction of sp³-hybridized carbons (Fsp3) is 0.500. The molecule has 1 atom stereocenters. The maximum Gasteiger partial charge on any atom is 0.227 e. The number of hydrogen-bond donors (Lipinski definition) is 0. The van der Waals surface area contributed by atoms with Gasteiger partial charge in [0, 0.05) is 30.3 Å². The molecule has 3 nitrogen and oxygen atoms in total. The van der Waals surface area contributed by atoms with Gasteiger partial charge in [-0.05, 0) is 31.6 Å². The predicted octanol–water partition coefficient (Wildman–Crippen LogP) is 3.14. The Balaban J connectivity index is 1.83. The van der Waals surface area contributed by atoms with Crippen molar-refractivity contribution in [3.05, 3.63) is 43.0 Å². The first-order chi connectivity index (χ1) is 10.7. The van der Waals surface area contributed by atoms with Gasteiger partial charge in [-0.15, -0.1) is 18.3 Å². The van der Waals surface area contributed by atoms with E-state index in [4.69, 9.17) is 0 Å². The lowest BCUT2D eigenvalue weighted by molar-refractivity contribution is -0.134. The molecule has 1 aromatic carbocycles. The minimum Gasteiger partial charge on any atom is -0.338 e. The zero-order valence-corrected chi connectivity index (χ0v) is 14.2. The first-order valence-electron chi connectivity index (χ1n) is 8.04. The van der Waals surface area contributed by atoms with Gasteiger partial charge in [0.05, 0.1) is 5.92 Å². The number of carbonyl (C=O) groups is 1. The maximum absolute atomic E-state index is 12.7. The van der Waals surface area contributed by atoms with Gasteiger partial charge in [-0.25, -0.2) is 0 Å².